The zero-order valence-corrected chi connectivity index (χ0v) is 20.3. The summed E-state index contributed by atoms with van der Waals surface area (Å²) in [5, 5.41) is 9.71. The van der Waals surface area contributed by atoms with Gasteiger partial charge in [0.05, 0.1) is 34.3 Å². The summed E-state index contributed by atoms with van der Waals surface area (Å²) < 4.78 is 43.7. The van der Waals surface area contributed by atoms with E-state index in [2.05, 4.69) is 19.9 Å². The fraction of sp³-hybridized carbons (Fsp3) is 0.0741. The van der Waals surface area contributed by atoms with Crippen LogP contribution in [0.25, 0.3) is 38.6 Å². The van der Waals surface area contributed by atoms with E-state index in [0.717, 1.165) is 32.7 Å². The van der Waals surface area contributed by atoms with Gasteiger partial charge in [-0.1, -0.05) is 0 Å². The molecule has 0 amide bonds. The molecule has 1 aliphatic rings. The number of aromatic nitrogens is 4. The van der Waals surface area contributed by atoms with Gasteiger partial charge in [-0.25, -0.2) is 9.97 Å². The van der Waals surface area contributed by atoms with Crippen molar-refractivity contribution in [1.29, 1.82) is 5.41 Å². The van der Waals surface area contributed by atoms with Gasteiger partial charge < -0.3 is 14.1 Å². The van der Waals surface area contributed by atoms with Crippen LogP contribution in [0.4, 0.5) is 14.5 Å². The molecule has 0 aliphatic carbocycles. The molecule has 1 atom stereocenters. The maximum atomic E-state index is 15.3. The first kappa shape index (κ1) is 22.4. The highest BCUT2D eigenvalue weighted by Crippen LogP contribution is 2.26. The number of hydrogen-bond acceptors (Lipinski definition) is 7. The molecule has 1 unspecified atom stereocenters. The molecule has 11 heteroatoms. The van der Waals surface area contributed by atoms with Crippen LogP contribution >= 0.6 is 11.3 Å². The van der Waals surface area contributed by atoms with Crippen LogP contribution in [-0.4, -0.2) is 32.1 Å². The topological polar surface area (TPSA) is 104 Å². The first-order valence-corrected chi connectivity index (χ1v) is 12.5. The predicted octanol–water partition coefficient (Wildman–Crippen LogP) is 4.67. The fourth-order valence-corrected chi connectivity index (χ4v) is 5.19. The minimum atomic E-state index is -1.53. The number of ether oxygens (including phenoxy) is 1. The van der Waals surface area contributed by atoms with Crippen molar-refractivity contribution in [1.82, 2.24) is 24.5 Å². The summed E-state index contributed by atoms with van der Waals surface area (Å²) in [6.45, 7) is 0. The lowest BCUT2D eigenvalue weighted by molar-refractivity contribution is 0.253. The number of oxazole rings is 1. The molecule has 186 valence electrons. The Morgan fingerprint density at radius 1 is 1.13 bits per heavy atom. The Labute approximate surface area is 216 Å². The first-order valence-electron chi connectivity index (χ1n) is 11.6. The number of H-pyrrole nitrogens is 1. The molecule has 1 aliphatic heterocycles. The van der Waals surface area contributed by atoms with Crippen molar-refractivity contribution in [2.75, 3.05) is 0 Å². The van der Waals surface area contributed by atoms with Gasteiger partial charge in [0.25, 0.3) is 0 Å². The van der Waals surface area contributed by atoms with Crippen LogP contribution < -0.4 is 20.2 Å². The molecule has 8 nitrogen and oxygen atoms in total. The zero-order valence-electron chi connectivity index (χ0n) is 19.5. The minimum Gasteiger partial charge on any atom is -0.420 e. The van der Waals surface area contributed by atoms with Crippen LogP contribution in [0.5, 0.6) is 5.88 Å². The van der Waals surface area contributed by atoms with Gasteiger partial charge in [0, 0.05) is 28.2 Å². The van der Waals surface area contributed by atoms with Crippen LogP contribution in [0.1, 0.15) is 12.0 Å². The summed E-state index contributed by atoms with van der Waals surface area (Å²) in [4.78, 5) is 15.7. The molecule has 4 aromatic heterocycles. The number of benzene rings is 2. The largest absolute Gasteiger partial charge is 0.420 e. The Bertz CT molecular complexity index is 2010. The van der Waals surface area contributed by atoms with E-state index in [-0.39, 0.29) is 29.4 Å². The highest BCUT2D eigenvalue weighted by Gasteiger charge is 2.31. The third-order valence-corrected chi connectivity index (χ3v) is 7.06. The van der Waals surface area contributed by atoms with E-state index in [9.17, 15) is 4.39 Å². The fourth-order valence-electron chi connectivity index (χ4n) is 4.47. The van der Waals surface area contributed by atoms with Crippen LogP contribution in [0.15, 0.2) is 70.7 Å². The van der Waals surface area contributed by atoms with Gasteiger partial charge in [0.15, 0.2) is 5.35 Å². The minimum absolute atomic E-state index is 0.0273. The SMILES string of the molecule is N=C(Oc1cc([N+]2=c3oc(-c4ccc5ncsc5c4)nc3=CCC2F)cc(F)n1)c1ccc2[nH]ccc2c1. The normalized spacial score (nSPS) is 15.0. The molecule has 0 bridgehead atoms. The summed E-state index contributed by atoms with van der Waals surface area (Å²) >= 11 is 1.50. The van der Waals surface area contributed by atoms with Crippen LogP contribution in [-0.2, 0) is 0 Å². The van der Waals surface area contributed by atoms with Crippen LogP contribution in [0.2, 0.25) is 0 Å². The number of aromatic amines is 1. The summed E-state index contributed by atoms with van der Waals surface area (Å²) in [5.41, 5.74) is 5.02. The lowest BCUT2D eigenvalue weighted by Gasteiger charge is -2.10. The zero-order chi connectivity index (χ0) is 25.8. The molecule has 0 saturated carbocycles. The van der Waals surface area contributed by atoms with Crippen LogP contribution in [0, 0.1) is 11.4 Å². The van der Waals surface area contributed by atoms with Crippen molar-refractivity contribution in [2.45, 2.75) is 12.7 Å². The standard InChI is InChI=1S/C27H17F2N6O2S/c28-22-11-17(12-24(34-22)36-25(30)15-1-3-18-14(9-15)7-8-31-18)35-23(29)6-5-20-27(35)37-26(33-20)16-2-4-19-21(10-16)38-13-32-19/h1-5,7-13,23,30-31H,6H2/q+1. The summed E-state index contributed by atoms with van der Waals surface area (Å²) in [5.74, 6) is -0.974. The molecule has 0 saturated heterocycles. The number of rotatable bonds is 4. The van der Waals surface area contributed by atoms with Gasteiger partial charge in [-0.05, 0) is 48.5 Å². The molecule has 38 heavy (non-hydrogen) atoms. The average Bonchev–Trinajstić information content (AvgIpc) is 3.66. The molecular formula is C27H17F2N6O2S+. The van der Waals surface area contributed by atoms with E-state index in [0.29, 0.717) is 16.8 Å². The molecule has 2 aromatic carbocycles. The van der Waals surface area contributed by atoms with Gasteiger partial charge in [-0.3, -0.25) is 5.41 Å². The van der Waals surface area contributed by atoms with Gasteiger partial charge in [0.2, 0.25) is 29.3 Å². The molecule has 2 N–H and O–H groups in total. The quantitative estimate of drug-likeness (QED) is 0.114. The number of fused-ring (bicyclic) bond motifs is 3. The lowest BCUT2D eigenvalue weighted by Crippen LogP contribution is -2.43. The lowest BCUT2D eigenvalue weighted by atomic mass is 10.1. The Kier molecular flexibility index (Phi) is 5.11. The number of thiazole rings is 1. The molecule has 0 radical (unpaired) electrons. The monoisotopic (exact) mass is 527 g/mol. The van der Waals surface area contributed by atoms with Crippen molar-refractivity contribution < 1.29 is 17.9 Å². The molecule has 6 aromatic rings. The highest BCUT2D eigenvalue weighted by molar-refractivity contribution is 7.16. The molecule has 0 spiro atoms. The van der Waals surface area contributed by atoms with Gasteiger partial charge in [-0.2, -0.15) is 13.8 Å². The second-order valence-corrected chi connectivity index (χ2v) is 9.57. The van der Waals surface area contributed by atoms with Crippen molar-refractivity contribution in [3.05, 3.63) is 88.7 Å². The Hall–Kier alpha value is -4.77. The van der Waals surface area contributed by atoms with E-state index in [1.165, 1.54) is 22.0 Å². The van der Waals surface area contributed by atoms with Crippen molar-refractivity contribution >= 4 is 50.1 Å². The van der Waals surface area contributed by atoms with E-state index in [1.54, 1.807) is 29.9 Å². The smallest absolute Gasteiger partial charge is 0.404 e. The van der Waals surface area contributed by atoms with Crippen molar-refractivity contribution in [3.63, 3.8) is 0 Å². The van der Waals surface area contributed by atoms with Gasteiger partial charge in [0.1, 0.15) is 0 Å². The highest BCUT2D eigenvalue weighted by atomic mass is 32.1. The summed E-state index contributed by atoms with van der Waals surface area (Å²) in [6, 6.07) is 15.3. The number of pyridine rings is 1. The van der Waals surface area contributed by atoms with Crippen molar-refractivity contribution in [2.24, 2.45) is 0 Å². The van der Waals surface area contributed by atoms with Crippen LogP contribution in [0.3, 0.4) is 0 Å². The number of nitrogens with zero attached hydrogens (tertiary/aromatic N) is 4. The van der Waals surface area contributed by atoms with E-state index >= 15 is 4.39 Å². The number of alkyl halides is 1. The number of nitrogens with one attached hydrogen (secondary N) is 2. The third kappa shape index (κ3) is 3.84. The van der Waals surface area contributed by atoms with E-state index in [4.69, 9.17) is 14.6 Å². The maximum Gasteiger partial charge on any atom is 0.404 e. The average molecular weight is 528 g/mol. The molecule has 7 rings (SSSR count). The van der Waals surface area contributed by atoms with E-state index in [1.807, 2.05) is 30.3 Å². The summed E-state index contributed by atoms with van der Waals surface area (Å²) in [7, 11) is 0. The maximum absolute atomic E-state index is 15.3. The molecular weight excluding hydrogens is 510 g/mol. The Morgan fingerprint density at radius 3 is 2.97 bits per heavy atom. The number of halogens is 2. The summed E-state index contributed by atoms with van der Waals surface area (Å²) in [6.07, 6.45) is 1.94. The third-order valence-electron chi connectivity index (χ3n) is 6.27. The number of hydrogen-bond donors (Lipinski definition) is 2. The molecule has 0 fully saturated rings. The van der Waals surface area contributed by atoms with E-state index < -0.39 is 12.2 Å². The predicted molar refractivity (Wildman–Crippen MR) is 139 cm³/mol. The van der Waals surface area contributed by atoms with Gasteiger partial charge in [-0.15, -0.1) is 15.9 Å². The Morgan fingerprint density at radius 2 is 2.05 bits per heavy atom. The molecule has 5 heterocycles. The van der Waals surface area contributed by atoms with Gasteiger partial charge >= 0.3 is 11.8 Å². The first-order chi connectivity index (χ1) is 18.5. The Balaban J connectivity index is 1.29. The second-order valence-electron chi connectivity index (χ2n) is 8.69. The second kappa shape index (κ2) is 8.67. The van der Waals surface area contributed by atoms with Crippen molar-refractivity contribution in [3.8, 4) is 17.3 Å².